The van der Waals surface area contributed by atoms with Crippen LogP contribution in [0.15, 0.2) is 42.5 Å². The van der Waals surface area contributed by atoms with Crippen molar-refractivity contribution in [3.05, 3.63) is 48.0 Å². The van der Waals surface area contributed by atoms with Gasteiger partial charge in [0.1, 0.15) is 5.75 Å². The number of methoxy groups -OCH3 is 1. The van der Waals surface area contributed by atoms with Gasteiger partial charge in [-0.1, -0.05) is 25.1 Å². The van der Waals surface area contributed by atoms with E-state index in [-0.39, 0.29) is 24.3 Å². The van der Waals surface area contributed by atoms with Crippen LogP contribution in [0.4, 0.5) is 11.4 Å². The van der Waals surface area contributed by atoms with Crippen LogP contribution in [-0.2, 0) is 9.59 Å². The minimum absolute atomic E-state index is 0.0534. The molecule has 25 heavy (non-hydrogen) atoms. The molecule has 0 saturated carbocycles. The molecule has 2 aromatic rings. The Balaban J connectivity index is 1.66. The number of benzene rings is 2. The number of hydrogen-bond donors (Lipinski definition) is 2. The van der Waals surface area contributed by atoms with Crippen LogP contribution in [0, 0.1) is 0 Å². The molecule has 0 aliphatic carbocycles. The Labute approximate surface area is 146 Å². The fourth-order valence-electron chi connectivity index (χ4n) is 2.74. The summed E-state index contributed by atoms with van der Waals surface area (Å²) in [6.45, 7) is 1.95. The highest BCUT2D eigenvalue weighted by atomic mass is 16.5. The number of carbonyl (C=O) groups excluding carboxylic acids is 2. The Morgan fingerprint density at radius 2 is 2.04 bits per heavy atom. The third-order valence-corrected chi connectivity index (χ3v) is 4.09. The summed E-state index contributed by atoms with van der Waals surface area (Å²) in [6, 6.07) is 12.9. The molecule has 2 amide bonds. The number of para-hydroxylation sites is 1. The first-order valence-electron chi connectivity index (χ1n) is 8.06. The van der Waals surface area contributed by atoms with Crippen LogP contribution in [0.2, 0.25) is 0 Å². The average Bonchev–Trinajstić information content (AvgIpc) is 2.61. The lowest BCUT2D eigenvalue weighted by molar-refractivity contribution is -0.118. The quantitative estimate of drug-likeness (QED) is 0.876. The molecule has 0 bridgehead atoms. The van der Waals surface area contributed by atoms with Gasteiger partial charge in [0.05, 0.1) is 18.5 Å². The van der Waals surface area contributed by atoms with E-state index in [0.717, 1.165) is 11.3 Å². The number of carbonyl (C=O) groups is 2. The van der Waals surface area contributed by atoms with Gasteiger partial charge in [-0.25, -0.2) is 0 Å². The van der Waals surface area contributed by atoms with Gasteiger partial charge in [0, 0.05) is 6.42 Å². The topological polar surface area (TPSA) is 76.7 Å². The van der Waals surface area contributed by atoms with Crippen LogP contribution in [0.1, 0.15) is 24.8 Å². The molecule has 0 spiro atoms. The molecule has 1 heterocycles. The molecule has 1 atom stereocenters. The first kappa shape index (κ1) is 16.8. The SMILES string of the molecule is COc1ccc(C(C)CC(=O)Nc2cccc3c2OCC(=O)N3)cc1. The largest absolute Gasteiger partial charge is 0.497 e. The number of anilines is 2. The summed E-state index contributed by atoms with van der Waals surface area (Å²) in [5, 5.41) is 5.59. The van der Waals surface area contributed by atoms with Gasteiger partial charge in [0.25, 0.3) is 5.91 Å². The fraction of sp³-hybridized carbons (Fsp3) is 0.263. The van der Waals surface area contributed by atoms with Gasteiger partial charge in [0.15, 0.2) is 12.4 Å². The Morgan fingerprint density at radius 1 is 1.28 bits per heavy atom. The van der Waals surface area contributed by atoms with Crippen LogP contribution >= 0.6 is 0 Å². The van der Waals surface area contributed by atoms with E-state index in [1.807, 2.05) is 31.2 Å². The normalized spacial score (nSPS) is 13.9. The maximum absolute atomic E-state index is 12.4. The first-order chi connectivity index (χ1) is 12.1. The Morgan fingerprint density at radius 3 is 2.76 bits per heavy atom. The molecule has 2 aromatic carbocycles. The number of rotatable bonds is 5. The zero-order chi connectivity index (χ0) is 17.8. The second-order valence-corrected chi connectivity index (χ2v) is 5.95. The number of ether oxygens (including phenoxy) is 2. The minimum atomic E-state index is -0.205. The van der Waals surface area contributed by atoms with Crippen molar-refractivity contribution in [2.24, 2.45) is 0 Å². The van der Waals surface area contributed by atoms with Gasteiger partial charge >= 0.3 is 0 Å². The van der Waals surface area contributed by atoms with Crippen LogP contribution < -0.4 is 20.1 Å². The van der Waals surface area contributed by atoms with Crippen LogP contribution in [0.5, 0.6) is 11.5 Å². The fourth-order valence-corrected chi connectivity index (χ4v) is 2.74. The van der Waals surface area contributed by atoms with Crippen LogP contribution in [0.3, 0.4) is 0 Å². The number of hydrogen-bond acceptors (Lipinski definition) is 4. The second kappa shape index (κ2) is 7.25. The predicted molar refractivity (Wildman–Crippen MR) is 95.2 cm³/mol. The summed E-state index contributed by atoms with van der Waals surface area (Å²) in [5.41, 5.74) is 2.19. The van der Waals surface area contributed by atoms with E-state index >= 15 is 0 Å². The van der Waals surface area contributed by atoms with Crippen molar-refractivity contribution in [2.45, 2.75) is 19.3 Å². The van der Waals surface area contributed by atoms with E-state index < -0.39 is 0 Å². The van der Waals surface area contributed by atoms with Crippen molar-refractivity contribution in [3.63, 3.8) is 0 Å². The minimum Gasteiger partial charge on any atom is -0.497 e. The van der Waals surface area contributed by atoms with Crippen molar-refractivity contribution in [3.8, 4) is 11.5 Å². The van der Waals surface area contributed by atoms with E-state index in [1.54, 1.807) is 25.3 Å². The Kier molecular flexibility index (Phi) is 4.88. The van der Waals surface area contributed by atoms with Gasteiger partial charge in [-0.05, 0) is 35.7 Å². The molecule has 6 nitrogen and oxygen atoms in total. The summed E-state index contributed by atoms with van der Waals surface area (Å²) in [4.78, 5) is 23.8. The molecule has 6 heteroatoms. The summed E-state index contributed by atoms with van der Waals surface area (Å²) in [5.74, 6) is 1.02. The highest BCUT2D eigenvalue weighted by molar-refractivity contribution is 6.00. The lowest BCUT2D eigenvalue weighted by atomic mass is 9.97. The van der Waals surface area contributed by atoms with Crippen LogP contribution in [0.25, 0.3) is 0 Å². The molecule has 1 aliphatic heterocycles. The van der Waals surface area contributed by atoms with Gasteiger partial charge in [-0.15, -0.1) is 0 Å². The molecule has 0 fully saturated rings. The number of fused-ring (bicyclic) bond motifs is 1. The number of amides is 2. The molecular formula is C19H20N2O4. The van der Waals surface area contributed by atoms with Gasteiger partial charge in [-0.2, -0.15) is 0 Å². The summed E-state index contributed by atoms with van der Waals surface area (Å²) < 4.78 is 10.6. The second-order valence-electron chi connectivity index (χ2n) is 5.95. The van der Waals surface area contributed by atoms with Crippen molar-refractivity contribution < 1.29 is 19.1 Å². The molecule has 2 N–H and O–H groups in total. The van der Waals surface area contributed by atoms with E-state index in [9.17, 15) is 9.59 Å². The molecular weight excluding hydrogens is 320 g/mol. The third kappa shape index (κ3) is 3.91. The smallest absolute Gasteiger partial charge is 0.262 e. The van der Waals surface area contributed by atoms with E-state index in [2.05, 4.69) is 10.6 Å². The zero-order valence-corrected chi connectivity index (χ0v) is 14.2. The lowest BCUT2D eigenvalue weighted by Gasteiger charge is -2.21. The summed E-state index contributed by atoms with van der Waals surface area (Å²) in [7, 11) is 1.62. The Bertz CT molecular complexity index is 787. The van der Waals surface area contributed by atoms with Crippen molar-refractivity contribution in [1.29, 1.82) is 0 Å². The molecule has 0 aromatic heterocycles. The molecule has 3 rings (SSSR count). The van der Waals surface area contributed by atoms with Gasteiger partial charge in [0.2, 0.25) is 5.91 Å². The van der Waals surface area contributed by atoms with Crippen molar-refractivity contribution >= 4 is 23.2 Å². The van der Waals surface area contributed by atoms with Crippen LogP contribution in [-0.4, -0.2) is 25.5 Å². The summed E-state index contributed by atoms with van der Waals surface area (Å²) >= 11 is 0. The highest BCUT2D eigenvalue weighted by Crippen LogP contribution is 2.35. The average molecular weight is 340 g/mol. The zero-order valence-electron chi connectivity index (χ0n) is 14.2. The van der Waals surface area contributed by atoms with E-state index in [1.165, 1.54) is 0 Å². The Hall–Kier alpha value is -3.02. The third-order valence-electron chi connectivity index (χ3n) is 4.09. The molecule has 0 radical (unpaired) electrons. The first-order valence-corrected chi connectivity index (χ1v) is 8.06. The van der Waals surface area contributed by atoms with Gasteiger partial charge in [-0.3, -0.25) is 9.59 Å². The van der Waals surface area contributed by atoms with Gasteiger partial charge < -0.3 is 20.1 Å². The number of nitrogens with one attached hydrogen (secondary N) is 2. The van der Waals surface area contributed by atoms with Crippen molar-refractivity contribution in [1.82, 2.24) is 0 Å². The van der Waals surface area contributed by atoms with Crippen molar-refractivity contribution in [2.75, 3.05) is 24.4 Å². The highest BCUT2D eigenvalue weighted by Gasteiger charge is 2.20. The molecule has 1 aliphatic rings. The predicted octanol–water partition coefficient (Wildman–Crippen LogP) is 3.16. The standard InChI is InChI=1S/C19H20N2O4/c1-12(13-6-8-14(24-2)9-7-13)10-17(22)20-15-4-3-5-16-19(15)25-11-18(23)21-16/h3-9,12H,10-11H2,1-2H3,(H,20,22)(H,21,23). The van der Waals surface area contributed by atoms with E-state index in [4.69, 9.17) is 9.47 Å². The molecule has 130 valence electrons. The lowest BCUT2D eigenvalue weighted by Crippen LogP contribution is -2.26. The monoisotopic (exact) mass is 340 g/mol. The molecule has 1 unspecified atom stereocenters. The maximum Gasteiger partial charge on any atom is 0.262 e. The summed E-state index contributed by atoms with van der Waals surface area (Å²) in [6.07, 6.45) is 0.336. The molecule has 0 saturated heterocycles. The maximum atomic E-state index is 12.4. The van der Waals surface area contributed by atoms with E-state index in [0.29, 0.717) is 23.5 Å².